The topological polar surface area (TPSA) is 78.9 Å². The molecule has 0 radical (unpaired) electrons. The number of likely N-dealkylation sites (tertiary alicyclic amines) is 1. The molecule has 2 N–H and O–H groups in total. The second-order valence-electron chi connectivity index (χ2n) is 9.14. The Morgan fingerprint density at radius 1 is 1.09 bits per heavy atom. The molecule has 1 aliphatic heterocycles. The van der Waals surface area contributed by atoms with Crippen LogP contribution in [0.2, 0.25) is 0 Å². The first-order valence-electron chi connectivity index (χ1n) is 12.0. The molecule has 2 aromatic carbocycles. The van der Waals surface area contributed by atoms with E-state index in [2.05, 4.69) is 10.2 Å². The molecule has 2 fully saturated rings. The summed E-state index contributed by atoms with van der Waals surface area (Å²) in [6.07, 6.45) is 7.63. The Balaban J connectivity index is 1.44. The van der Waals surface area contributed by atoms with E-state index >= 15 is 0 Å². The van der Waals surface area contributed by atoms with Gasteiger partial charge < -0.3 is 15.2 Å². The van der Waals surface area contributed by atoms with Gasteiger partial charge in [0, 0.05) is 24.5 Å². The van der Waals surface area contributed by atoms with Gasteiger partial charge in [0.05, 0.1) is 12.2 Å². The molecule has 32 heavy (non-hydrogen) atoms. The summed E-state index contributed by atoms with van der Waals surface area (Å²) in [5, 5.41) is 15.2. The van der Waals surface area contributed by atoms with E-state index in [1.54, 1.807) is 6.07 Å². The number of nitrogens with one attached hydrogen (secondary N) is 1. The van der Waals surface area contributed by atoms with Crippen molar-refractivity contribution in [2.45, 2.75) is 64.0 Å². The third-order valence-electron chi connectivity index (χ3n) is 6.97. The first-order valence-corrected chi connectivity index (χ1v) is 12.0. The number of fused-ring (bicyclic) bond motifs is 1. The first kappa shape index (κ1) is 22.6. The van der Waals surface area contributed by atoms with Gasteiger partial charge in [0.15, 0.2) is 0 Å². The molecule has 1 saturated heterocycles. The lowest BCUT2D eigenvalue weighted by atomic mass is 9.87. The van der Waals surface area contributed by atoms with Gasteiger partial charge >= 0.3 is 5.97 Å². The minimum absolute atomic E-state index is 0.00252. The number of carbonyl (C=O) groups excluding carboxylic acids is 2. The van der Waals surface area contributed by atoms with Crippen LogP contribution < -0.4 is 5.32 Å². The third-order valence-corrected chi connectivity index (χ3v) is 6.97. The van der Waals surface area contributed by atoms with Gasteiger partial charge in [-0.3, -0.25) is 14.5 Å². The molecule has 6 heteroatoms. The third kappa shape index (κ3) is 5.07. The lowest BCUT2D eigenvalue weighted by Gasteiger charge is -2.40. The highest BCUT2D eigenvalue weighted by Crippen LogP contribution is 2.30. The molecule has 172 valence electrons. The molecule has 0 spiro atoms. The molecule has 2 aliphatic rings. The maximum absolute atomic E-state index is 13.0. The molecule has 0 bridgehead atoms. The van der Waals surface area contributed by atoms with Crippen LogP contribution in [-0.2, 0) is 9.53 Å². The number of ether oxygens (including phenoxy) is 1. The number of phenols is 1. The monoisotopic (exact) mass is 438 g/mol. The van der Waals surface area contributed by atoms with Crippen LogP contribution in [0.3, 0.4) is 0 Å². The van der Waals surface area contributed by atoms with E-state index in [-0.39, 0.29) is 35.3 Å². The fraction of sp³-hybridized carbons (Fsp3) is 0.538. The second kappa shape index (κ2) is 10.3. The Hall–Kier alpha value is -2.60. The first-order chi connectivity index (χ1) is 15.6. The Morgan fingerprint density at radius 3 is 2.66 bits per heavy atom. The van der Waals surface area contributed by atoms with Crippen molar-refractivity contribution in [2.24, 2.45) is 5.92 Å². The van der Waals surface area contributed by atoms with Gasteiger partial charge in [-0.2, -0.15) is 0 Å². The minimum Gasteiger partial charge on any atom is -0.506 e. The van der Waals surface area contributed by atoms with E-state index in [0.29, 0.717) is 24.3 Å². The molecule has 2 atom stereocenters. The molecule has 4 rings (SSSR count). The van der Waals surface area contributed by atoms with E-state index in [1.165, 1.54) is 32.1 Å². The molecular weight excluding hydrogens is 404 g/mol. The molecule has 1 amide bonds. The second-order valence-corrected chi connectivity index (χ2v) is 9.14. The number of phenolic OH excluding ortho intramolecular Hbond substituents is 1. The van der Waals surface area contributed by atoms with Crippen LogP contribution in [0.4, 0.5) is 0 Å². The molecule has 1 aliphatic carbocycles. The molecule has 6 nitrogen and oxygen atoms in total. The van der Waals surface area contributed by atoms with Crippen LogP contribution in [-0.4, -0.2) is 53.7 Å². The van der Waals surface area contributed by atoms with E-state index in [1.807, 2.05) is 37.3 Å². The molecule has 0 unspecified atom stereocenters. The smallest absolute Gasteiger partial charge is 0.323 e. The summed E-state index contributed by atoms with van der Waals surface area (Å²) in [5.74, 6) is 0.135. The summed E-state index contributed by atoms with van der Waals surface area (Å²) < 4.78 is 5.37. The zero-order valence-corrected chi connectivity index (χ0v) is 18.9. The van der Waals surface area contributed by atoms with E-state index in [9.17, 15) is 14.7 Å². The van der Waals surface area contributed by atoms with Gasteiger partial charge in [-0.25, -0.2) is 0 Å². The Bertz CT molecular complexity index is 954. The lowest BCUT2D eigenvalue weighted by Crippen LogP contribution is -2.54. The number of nitrogens with zero attached hydrogens (tertiary/aromatic N) is 1. The van der Waals surface area contributed by atoms with Crippen molar-refractivity contribution in [3.8, 4) is 5.75 Å². The normalized spacial score (nSPS) is 22.5. The van der Waals surface area contributed by atoms with Crippen LogP contribution in [0.25, 0.3) is 10.8 Å². The number of hydrogen-bond donors (Lipinski definition) is 2. The van der Waals surface area contributed by atoms with Crippen molar-refractivity contribution in [1.29, 1.82) is 0 Å². The van der Waals surface area contributed by atoms with Crippen molar-refractivity contribution < 1.29 is 19.4 Å². The molecular formula is C26H34N2O4. The number of benzene rings is 2. The summed E-state index contributed by atoms with van der Waals surface area (Å²) in [5.41, 5.74) is 0.265. The quantitative estimate of drug-likeness (QED) is 0.659. The van der Waals surface area contributed by atoms with Crippen molar-refractivity contribution in [1.82, 2.24) is 10.2 Å². The predicted octanol–water partition coefficient (Wildman–Crippen LogP) is 4.25. The van der Waals surface area contributed by atoms with Gasteiger partial charge in [0.2, 0.25) is 0 Å². The van der Waals surface area contributed by atoms with Crippen LogP contribution in [0.1, 0.15) is 62.2 Å². The number of hydrogen-bond acceptors (Lipinski definition) is 5. The molecule has 1 saturated carbocycles. The van der Waals surface area contributed by atoms with Gasteiger partial charge in [0.1, 0.15) is 11.8 Å². The van der Waals surface area contributed by atoms with Crippen molar-refractivity contribution in [3.05, 3.63) is 42.0 Å². The fourth-order valence-corrected chi connectivity index (χ4v) is 5.25. The highest BCUT2D eigenvalue weighted by Gasteiger charge is 2.36. The number of esters is 1. The maximum Gasteiger partial charge on any atom is 0.323 e. The lowest BCUT2D eigenvalue weighted by molar-refractivity contribution is -0.151. The van der Waals surface area contributed by atoms with E-state index in [4.69, 9.17) is 4.74 Å². The summed E-state index contributed by atoms with van der Waals surface area (Å²) >= 11 is 0. The maximum atomic E-state index is 13.0. The summed E-state index contributed by atoms with van der Waals surface area (Å²) in [7, 11) is 0. The van der Waals surface area contributed by atoms with Crippen molar-refractivity contribution >= 4 is 22.6 Å². The van der Waals surface area contributed by atoms with Crippen molar-refractivity contribution in [3.63, 3.8) is 0 Å². The number of carbonyl (C=O) groups is 2. The molecule has 1 heterocycles. The predicted molar refractivity (Wildman–Crippen MR) is 125 cm³/mol. The van der Waals surface area contributed by atoms with Crippen LogP contribution in [0.15, 0.2) is 36.4 Å². The molecule has 0 aromatic heterocycles. The number of piperidine rings is 1. The number of rotatable bonds is 6. The Kier molecular flexibility index (Phi) is 7.30. The summed E-state index contributed by atoms with van der Waals surface area (Å²) in [6.45, 7) is 3.87. The average Bonchev–Trinajstić information content (AvgIpc) is 2.81. The Morgan fingerprint density at radius 2 is 1.88 bits per heavy atom. The fourth-order valence-electron chi connectivity index (χ4n) is 5.25. The van der Waals surface area contributed by atoms with Crippen LogP contribution in [0, 0.1) is 5.92 Å². The average molecular weight is 439 g/mol. The van der Waals surface area contributed by atoms with E-state index < -0.39 is 0 Å². The van der Waals surface area contributed by atoms with Gasteiger partial charge in [-0.05, 0) is 50.0 Å². The molecule has 2 aromatic rings. The van der Waals surface area contributed by atoms with Gasteiger partial charge in [-0.1, -0.05) is 49.6 Å². The minimum atomic E-state index is -0.332. The SMILES string of the molecule is CCOC(=O)[C@@H]1C[C@H](NC(=O)c2ccc3ccccc3c2O)CCN1CC1CCCCC1. The largest absolute Gasteiger partial charge is 0.506 e. The highest BCUT2D eigenvalue weighted by atomic mass is 16.5. The van der Waals surface area contributed by atoms with E-state index in [0.717, 1.165) is 24.9 Å². The Labute approximate surface area is 189 Å². The standard InChI is InChI=1S/C26H34N2O4/c1-2-32-26(31)23-16-20(14-15-28(23)17-18-8-4-3-5-9-18)27-25(30)22-13-12-19-10-6-7-11-21(19)24(22)29/h6-7,10-13,18,20,23,29H,2-5,8-9,14-17H2,1H3,(H,27,30)/t20-,23+/m1/s1. The number of aromatic hydroxyl groups is 1. The highest BCUT2D eigenvalue weighted by molar-refractivity contribution is 6.03. The van der Waals surface area contributed by atoms with Gasteiger partial charge in [0.25, 0.3) is 5.91 Å². The van der Waals surface area contributed by atoms with Crippen LogP contribution >= 0.6 is 0 Å². The zero-order chi connectivity index (χ0) is 22.5. The summed E-state index contributed by atoms with van der Waals surface area (Å²) in [6, 6.07) is 10.5. The van der Waals surface area contributed by atoms with Crippen LogP contribution in [0.5, 0.6) is 5.75 Å². The van der Waals surface area contributed by atoms with Crippen molar-refractivity contribution in [2.75, 3.05) is 19.7 Å². The van der Waals surface area contributed by atoms with Gasteiger partial charge in [-0.15, -0.1) is 0 Å². The number of amides is 1. The zero-order valence-electron chi connectivity index (χ0n) is 18.9. The summed E-state index contributed by atoms with van der Waals surface area (Å²) in [4.78, 5) is 28.0.